The molecule has 4 nitrogen and oxygen atoms in total. The third-order valence-corrected chi connectivity index (χ3v) is 3.73. The van der Waals surface area contributed by atoms with Crippen molar-refractivity contribution in [1.82, 2.24) is 15.2 Å². The molecule has 1 saturated heterocycles. The monoisotopic (exact) mass is 248 g/mol. The van der Waals surface area contributed by atoms with Crippen LogP contribution in [0.5, 0.6) is 0 Å². The van der Waals surface area contributed by atoms with Crippen LogP contribution in [0, 0.1) is 0 Å². The van der Waals surface area contributed by atoms with Crippen molar-refractivity contribution in [3.8, 4) is 0 Å². The first-order chi connectivity index (χ1) is 8.72. The molecule has 0 aromatic carbocycles. The Morgan fingerprint density at radius 1 is 1.39 bits per heavy atom. The second-order valence-corrected chi connectivity index (χ2v) is 5.20. The van der Waals surface area contributed by atoms with Crippen molar-refractivity contribution in [1.29, 1.82) is 0 Å². The van der Waals surface area contributed by atoms with Gasteiger partial charge in [-0.3, -0.25) is 0 Å². The first-order valence-corrected chi connectivity index (χ1v) is 6.72. The van der Waals surface area contributed by atoms with Gasteiger partial charge in [0.25, 0.3) is 0 Å². The average molecular weight is 248 g/mol. The van der Waals surface area contributed by atoms with Gasteiger partial charge in [-0.25, -0.2) is 4.98 Å². The highest BCUT2D eigenvalue weighted by atomic mass is 15.2. The maximum atomic E-state index is 4.56. The van der Waals surface area contributed by atoms with E-state index in [1.54, 1.807) is 0 Å². The second-order valence-electron chi connectivity index (χ2n) is 5.20. The average Bonchev–Trinajstić information content (AvgIpc) is 2.40. The molecule has 1 N–H and O–H groups in total. The van der Waals surface area contributed by atoms with Gasteiger partial charge >= 0.3 is 0 Å². The van der Waals surface area contributed by atoms with E-state index < -0.39 is 0 Å². The maximum absolute atomic E-state index is 4.56. The molecule has 1 aromatic rings. The van der Waals surface area contributed by atoms with Gasteiger partial charge in [0.05, 0.1) is 0 Å². The Balaban J connectivity index is 2.05. The molecular weight excluding hydrogens is 224 g/mol. The molecule has 0 saturated carbocycles. The van der Waals surface area contributed by atoms with Gasteiger partial charge in [0.15, 0.2) is 0 Å². The fourth-order valence-electron chi connectivity index (χ4n) is 2.64. The minimum absolute atomic E-state index is 0.720. The number of aromatic nitrogens is 1. The van der Waals surface area contributed by atoms with Gasteiger partial charge in [0.1, 0.15) is 5.82 Å². The van der Waals surface area contributed by atoms with Crippen LogP contribution in [0.3, 0.4) is 0 Å². The summed E-state index contributed by atoms with van der Waals surface area (Å²) in [6.07, 6.45) is 4.34. The predicted molar refractivity (Wildman–Crippen MR) is 75.9 cm³/mol. The standard InChI is InChI=1S/C14H24N4/c1-15-11-12-5-4-8-16-14(12)18-9-6-13(7-10-18)17(2)3/h4-5,8,13,15H,6-7,9-11H2,1-3H3. The van der Waals surface area contributed by atoms with E-state index >= 15 is 0 Å². The molecule has 0 radical (unpaired) electrons. The van der Waals surface area contributed by atoms with Gasteiger partial charge in [-0.15, -0.1) is 0 Å². The van der Waals surface area contributed by atoms with Gasteiger partial charge in [-0.1, -0.05) is 6.07 Å². The third-order valence-electron chi connectivity index (χ3n) is 3.73. The van der Waals surface area contributed by atoms with E-state index in [9.17, 15) is 0 Å². The van der Waals surface area contributed by atoms with Crippen molar-refractivity contribution in [3.63, 3.8) is 0 Å². The van der Waals surface area contributed by atoms with Crippen LogP contribution in [0.25, 0.3) is 0 Å². The lowest BCUT2D eigenvalue weighted by Crippen LogP contribution is -2.42. The van der Waals surface area contributed by atoms with Crippen molar-refractivity contribution in [3.05, 3.63) is 23.9 Å². The van der Waals surface area contributed by atoms with Crippen LogP contribution in [-0.4, -0.2) is 50.2 Å². The molecule has 0 atom stereocenters. The smallest absolute Gasteiger partial charge is 0.133 e. The largest absolute Gasteiger partial charge is 0.356 e. The predicted octanol–water partition coefficient (Wildman–Crippen LogP) is 1.33. The Labute approximate surface area is 110 Å². The first-order valence-electron chi connectivity index (χ1n) is 6.72. The zero-order valence-corrected chi connectivity index (χ0v) is 11.7. The highest BCUT2D eigenvalue weighted by Crippen LogP contribution is 2.22. The van der Waals surface area contributed by atoms with Gasteiger partial charge in [0.2, 0.25) is 0 Å². The lowest BCUT2D eigenvalue weighted by molar-refractivity contribution is 0.249. The number of anilines is 1. The molecule has 0 bridgehead atoms. The molecule has 1 aliphatic heterocycles. The Hall–Kier alpha value is -1.13. The number of rotatable bonds is 4. The van der Waals surface area contributed by atoms with E-state index in [2.05, 4.69) is 40.3 Å². The fourth-order valence-corrected chi connectivity index (χ4v) is 2.64. The SMILES string of the molecule is CNCc1cccnc1N1CCC(N(C)C)CC1. The van der Waals surface area contributed by atoms with Crippen molar-refractivity contribution in [2.75, 3.05) is 39.1 Å². The highest BCUT2D eigenvalue weighted by molar-refractivity contribution is 5.47. The van der Waals surface area contributed by atoms with Gasteiger partial charge in [-0.2, -0.15) is 0 Å². The summed E-state index contributed by atoms with van der Waals surface area (Å²) in [6, 6.07) is 4.90. The number of nitrogens with one attached hydrogen (secondary N) is 1. The van der Waals surface area contributed by atoms with Crippen molar-refractivity contribution >= 4 is 5.82 Å². The molecule has 0 aliphatic carbocycles. The molecule has 0 unspecified atom stereocenters. The van der Waals surface area contributed by atoms with E-state index in [1.165, 1.54) is 18.4 Å². The Kier molecular flexibility index (Phi) is 4.55. The summed E-state index contributed by atoms with van der Waals surface area (Å²) in [6.45, 7) is 3.10. The van der Waals surface area contributed by atoms with Crippen molar-refractivity contribution in [2.24, 2.45) is 0 Å². The van der Waals surface area contributed by atoms with Crippen LogP contribution in [0.1, 0.15) is 18.4 Å². The lowest BCUT2D eigenvalue weighted by Gasteiger charge is -2.36. The van der Waals surface area contributed by atoms with E-state index in [0.717, 1.165) is 31.5 Å². The Morgan fingerprint density at radius 3 is 2.72 bits per heavy atom. The van der Waals surface area contributed by atoms with E-state index in [-0.39, 0.29) is 0 Å². The van der Waals surface area contributed by atoms with Crippen molar-refractivity contribution < 1.29 is 0 Å². The molecule has 1 aromatic heterocycles. The third kappa shape index (κ3) is 3.00. The maximum Gasteiger partial charge on any atom is 0.133 e. The molecule has 1 fully saturated rings. The summed E-state index contributed by atoms with van der Waals surface area (Å²) in [5.74, 6) is 1.16. The molecule has 18 heavy (non-hydrogen) atoms. The summed E-state index contributed by atoms with van der Waals surface area (Å²) in [4.78, 5) is 9.32. The quantitative estimate of drug-likeness (QED) is 0.871. The van der Waals surface area contributed by atoms with Crippen LogP contribution < -0.4 is 10.2 Å². The molecule has 4 heteroatoms. The number of piperidine rings is 1. The summed E-state index contributed by atoms with van der Waals surface area (Å²) in [5.41, 5.74) is 1.29. The number of nitrogens with zero attached hydrogens (tertiary/aromatic N) is 3. The van der Waals surface area contributed by atoms with Gasteiger partial charge in [0, 0.05) is 37.4 Å². The van der Waals surface area contributed by atoms with E-state index in [4.69, 9.17) is 0 Å². The van der Waals surface area contributed by atoms with Crippen molar-refractivity contribution in [2.45, 2.75) is 25.4 Å². The van der Waals surface area contributed by atoms with Crippen LogP contribution in [0.2, 0.25) is 0 Å². The Morgan fingerprint density at radius 2 is 2.11 bits per heavy atom. The van der Waals surface area contributed by atoms with E-state index in [1.807, 2.05) is 19.3 Å². The zero-order chi connectivity index (χ0) is 13.0. The summed E-state index contributed by atoms with van der Waals surface area (Å²) in [5, 5.41) is 3.22. The second kappa shape index (κ2) is 6.16. The zero-order valence-electron chi connectivity index (χ0n) is 11.7. The summed E-state index contributed by atoms with van der Waals surface area (Å²) in [7, 11) is 6.33. The highest BCUT2D eigenvalue weighted by Gasteiger charge is 2.22. The normalized spacial score (nSPS) is 17.4. The summed E-state index contributed by atoms with van der Waals surface area (Å²) >= 11 is 0. The topological polar surface area (TPSA) is 31.4 Å². The Bertz CT molecular complexity index is 370. The molecule has 2 rings (SSSR count). The molecular formula is C14H24N4. The number of hydrogen-bond donors (Lipinski definition) is 1. The minimum Gasteiger partial charge on any atom is -0.356 e. The lowest BCUT2D eigenvalue weighted by atomic mass is 10.0. The molecule has 0 spiro atoms. The molecule has 100 valence electrons. The van der Waals surface area contributed by atoms with Gasteiger partial charge < -0.3 is 15.1 Å². The summed E-state index contributed by atoms with van der Waals surface area (Å²) < 4.78 is 0. The van der Waals surface area contributed by atoms with Crippen LogP contribution in [0.4, 0.5) is 5.82 Å². The number of hydrogen-bond acceptors (Lipinski definition) is 4. The molecule has 2 heterocycles. The van der Waals surface area contributed by atoms with Crippen LogP contribution >= 0.6 is 0 Å². The van der Waals surface area contributed by atoms with Crippen LogP contribution in [0.15, 0.2) is 18.3 Å². The van der Waals surface area contributed by atoms with Crippen LogP contribution in [-0.2, 0) is 6.54 Å². The molecule has 0 amide bonds. The first kappa shape index (κ1) is 13.3. The van der Waals surface area contributed by atoms with Gasteiger partial charge in [-0.05, 0) is 40.1 Å². The van der Waals surface area contributed by atoms with E-state index in [0.29, 0.717) is 0 Å². The molecule has 1 aliphatic rings. The fraction of sp³-hybridized carbons (Fsp3) is 0.643. The number of pyridine rings is 1. The minimum atomic E-state index is 0.720.